The van der Waals surface area contributed by atoms with Crippen LogP contribution in [-0.2, 0) is 4.79 Å². The van der Waals surface area contributed by atoms with E-state index in [-0.39, 0.29) is 11.8 Å². The van der Waals surface area contributed by atoms with Gasteiger partial charge in [-0.15, -0.1) is 0 Å². The number of nitrogens with zero attached hydrogens (tertiary/aromatic N) is 3. The second kappa shape index (κ2) is 8.05. The smallest absolute Gasteiger partial charge is 0.240 e. The van der Waals surface area contributed by atoms with Crippen LogP contribution in [0.3, 0.4) is 0 Å². The number of amides is 1. The number of benzene rings is 2. The summed E-state index contributed by atoms with van der Waals surface area (Å²) < 4.78 is 11.1. The molecule has 2 aromatic rings. The highest BCUT2D eigenvalue weighted by atomic mass is 16.5. The van der Waals surface area contributed by atoms with Crippen LogP contribution in [0, 0.1) is 6.92 Å². The Morgan fingerprint density at radius 3 is 2.34 bits per heavy atom. The van der Waals surface area contributed by atoms with E-state index in [1.165, 1.54) is 0 Å². The lowest BCUT2D eigenvalue weighted by molar-refractivity contribution is -0.119. The largest absolute Gasteiger partial charge is 0.496 e. The molecular formula is C23H29N3O3. The summed E-state index contributed by atoms with van der Waals surface area (Å²) in [5, 5.41) is 0. The predicted molar refractivity (Wildman–Crippen MR) is 114 cm³/mol. The molecule has 6 nitrogen and oxygen atoms in total. The van der Waals surface area contributed by atoms with Crippen LogP contribution >= 0.6 is 0 Å². The number of carbonyl (C=O) groups excluding carboxylic acids is 1. The van der Waals surface area contributed by atoms with E-state index in [9.17, 15) is 4.79 Å². The Hall–Kier alpha value is -2.57. The number of likely N-dealkylation sites (N-methyl/N-ethyl adjacent to an activating group) is 1. The number of rotatable bonds is 5. The van der Waals surface area contributed by atoms with E-state index in [1.54, 1.807) is 14.2 Å². The minimum Gasteiger partial charge on any atom is -0.496 e. The maximum Gasteiger partial charge on any atom is 0.240 e. The van der Waals surface area contributed by atoms with E-state index in [0.717, 1.165) is 54.3 Å². The molecule has 2 heterocycles. The Morgan fingerprint density at radius 1 is 0.966 bits per heavy atom. The van der Waals surface area contributed by atoms with Gasteiger partial charge in [0.1, 0.15) is 11.5 Å². The van der Waals surface area contributed by atoms with Crippen molar-refractivity contribution in [3.8, 4) is 11.5 Å². The zero-order valence-corrected chi connectivity index (χ0v) is 17.6. The summed E-state index contributed by atoms with van der Waals surface area (Å²) in [7, 11) is 5.43. The van der Waals surface area contributed by atoms with Gasteiger partial charge in [-0.2, -0.15) is 0 Å². The molecule has 0 aromatic heterocycles. The summed E-state index contributed by atoms with van der Waals surface area (Å²) in [6, 6.07) is 12.0. The van der Waals surface area contributed by atoms with Crippen molar-refractivity contribution in [2.24, 2.45) is 0 Å². The predicted octanol–water partition coefficient (Wildman–Crippen LogP) is 2.70. The van der Waals surface area contributed by atoms with E-state index in [4.69, 9.17) is 9.47 Å². The molecule has 6 heteroatoms. The Bertz CT molecular complexity index is 906. The number of piperazine rings is 1. The first kappa shape index (κ1) is 19.7. The number of aryl methyl sites for hydroxylation is 1. The number of hydrogen-bond acceptors (Lipinski definition) is 5. The maximum absolute atomic E-state index is 13.6. The third-order valence-electron chi connectivity index (χ3n) is 6.05. The van der Waals surface area contributed by atoms with Crippen molar-refractivity contribution in [1.82, 2.24) is 9.80 Å². The number of para-hydroxylation sites is 1. The van der Waals surface area contributed by atoms with Crippen molar-refractivity contribution in [2.75, 3.05) is 59.0 Å². The van der Waals surface area contributed by atoms with Crippen LogP contribution in [0.4, 0.5) is 5.69 Å². The first-order chi connectivity index (χ1) is 14.0. The van der Waals surface area contributed by atoms with Crippen molar-refractivity contribution in [1.29, 1.82) is 0 Å². The molecule has 29 heavy (non-hydrogen) atoms. The van der Waals surface area contributed by atoms with Crippen LogP contribution in [0.2, 0.25) is 0 Å². The van der Waals surface area contributed by atoms with Gasteiger partial charge >= 0.3 is 0 Å². The van der Waals surface area contributed by atoms with Crippen LogP contribution in [-0.4, -0.2) is 69.8 Å². The zero-order chi connectivity index (χ0) is 20.5. The van der Waals surface area contributed by atoms with Crippen LogP contribution in [0.15, 0.2) is 36.4 Å². The van der Waals surface area contributed by atoms with Gasteiger partial charge in [0.25, 0.3) is 0 Å². The second-order valence-electron chi connectivity index (χ2n) is 7.88. The molecule has 0 N–H and O–H groups in total. The minimum atomic E-state index is -0.363. The minimum absolute atomic E-state index is 0.105. The molecule has 2 aliphatic heterocycles. The Balaban J connectivity index is 1.71. The molecule has 0 radical (unpaired) electrons. The van der Waals surface area contributed by atoms with Crippen molar-refractivity contribution in [3.05, 3.63) is 53.1 Å². The average Bonchev–Trinajstić information content (AvgIpc) is 3.01. The third kappa shape index (κ3) is 3.58. The molecule has 2 aliphatic rings. The Morgan fingerprint density at radius 2 is 1.66 bits per heavy atom. The first-order valence-electron chi connectivity index (χ1n) is 10.1. The third-order valence-corrected chi connectivity index (χ3v) is 6.05. The highest BCUT2D eigenvalue weighted by molar-refractivity contribution is 6.07. The van der Waals surface area contributed by atoms with E-state index >= 15 is 0 Å². The molecular weight excluding hydrogens is 366 g/mol. The summed E-state index contributed by atoms with van der Waals surface area (Å²) >= 11 is 0. The van der Waals surface area contributed by atoms with Crippen LogP contribution < -0.4 is 14.4 Å². The fourth-order valence-electron chi connectivity index (χ4n) is 4.33. The number of hydrogen-bond donors (Lipinski definition) is 0. The monoisotopic (exact) mass is 395 g/mol. The lowest BCUT2D eigenvalue weighted by Gasteiger charge is -2.35. The van der Waals surface area contributed by atoms with E-state index in [1.807, 2.05) is 42.2 Å². The van der Waals surface area contributed by atoms with Gasteiger partial charge in [-0.05, 0) is 37.2 Å². The van der Waals surface area contributed by atoms with E-state index in [0.29, 0.717) is 12.4 Å². The summed E-state index contributed by atoms with van der Waals surface area (Å²) in [6.07, 6.45) is 0. The molecule has 0 bridgehead atoms. The van der Waals surface area contributed by atoms with Crippen molar-refractivity contribution >= 4 is 11.6 Å². The number of methoxy groups -OCH3 is 2. The number of fused-ring (bicyclic) bond motifs is 1. The Labute approximate surface area is 172 Å². The SMILES string of the molecule is COc1cc(OC)c(C2C(=O)N(CN3CCN(C)CC3)c3ccccc32)cc1C. The van der Waals surface area contributed by atoms with Gasteiger partial charge in [0.05, 0.1) is 26.8 Å². The van der Waals surface area contributed by atoms with Gasteiger partial charge in [0.2, 0.25) is 5.91 Å². The van der Waals surface area contributed by atoms with Crippen molar-refractivity contribution in [2.45, 2.75) is 12.8 Å². The molecule has 1 fully saturated rings. The zero-order valence-electron chi connectivity index (χ0n) is 17.6. The summed E-state index contributed by atoms with van der Waals surface area (Å²) in [5.41, 5.74) is 3.92. The highest BCUT2D eigenvalue weighted by Crippen LogP contribution is 2.45. The summed E-state index contributed by atoms with van der Waals surface area (Å²) in [6.45, 7) is 6.61. The number of ether oxygens (including phenoxy) is 2. The van der Waals surface area contributed by atoms with Gasteiger partial charge in [-0.25, -0.2) is 0 Å². The lowest BCUT2D eigenvalue weighted by Crippen LogP contribution is -2.49. The van der Waals surface area contributed by atoms with Gasteiger partial charge in [0.15, 0.2) is 0 Å². The van der Waals surface area contributed by atoms with E-state index in [2.05, 4.69) is 22.9 Å². The van der Waals surface area contributed by atoms with Crippen molar-refractivity contribution < 1.29 is 14.3 Å². The van der Waals surface area contributed by atoms with Crippen molar-refractivity contribution in [3.63, 3.8) is 0 Å². The van der Waals surface area contributed by atoms with Gasteiger partial charge in [0, 0.05) is 43.5 Å². The average molecular weight is 396 g/mol. The van der Waals surface area contributed by atoms with Crippen LogP contribution in [0.5, 0.6) is 11.5 Å². The fourth-order valence-corrected chi connectivity index (χ4v) is 4.33. The Kier molecular flexibility index (Phi) is 5.48. The molecule has 0 saturated carbocycles. The van der Waals surface area contributed by atoms with Gasteiger partial charge < -0.3 is 14.4 Å². The topological polar surface area (TPSA) is 45.3 Å². The van der Waals surface area contributed by atoms with Crippen LogP contribution in [0.25, 0.3) is 0 Å². The van der Waals surface area contributed by atoms with Gasteiger partial charge in [-0.3, -0.25) is 14.6 Å². The normalized spacial score (nSPS) is 20.1. The molecule has 2 aromatic carbocycles. The first-order valence-corrected chi connectivity index (χ1v) is 10.1. The lowest BCUT2D eigenvalue weighted by atomic mass is 9.90. The van der Waals surface area contributed by atoms with E-state index < -0.39 is 0 Å². The highest BCUT2D eigenvalue weighted by Gasteiger charge is 2.40. The molecule has 1 atom stereocenters. The molecule has 1 amide bonds. The quantitative estimate of drug-likeness (QED) is 0.779. The molecule has 1 saturated heterocycles. The summed E-state index contributed by atoms with van der Waals surface area (Å²) in [4.78, 5) is 20.2. The number of carbonyl (C=O) groups is 1. The summed E-state index contributed by atoms with van der Waals surface area (Å²) in [5.74, 6) is 1.19. The second-order valence-corrected chi connectivity index (χ2v) is 7.88. The van der Waals surface area contributed by atoms with Crippen LogP contribution in [0.1, 0.15) is 22.6 Å². The molecule has 1 unspecified atom stereocenters. The fraction of sp³-hybridized carbons (Fsp3) is 0.435. The number of anilines is 1. The molecule has 0 aliphatic carbocycles. The molecule has 4 rings (SSSR count). The molecule has 154 valence electrons. The standard InChI is InChI=1S/C23H29N3O3/c1-16-13-18(21(29-4)14-20(16)28-3)22-17-7-5-6-8-19(17)26(23(22)27)15-25-11-9-24(2)10-12-25/h5-8,13-14,22H,9-12,15H2,1-4H3. The maximum atomic E-state index is 13.6. The van der Waals surface area contributed by atoms with Gasteiger partial charge in [-0.1, -0.05) is 18.2 Å². The molecule has 0 spiro atoms.